The summed E-state index contributed by atoms with van der Waals surface area (Å²) >= 11 is 0. The normalized spacial score (nSPS) is 36.2. The Bertz CT molecular complexity index is 605. The van der Waals surface area contributed by atoms with Crippen LogP contribution in [0.5, 0.6) is 0 Å². The molecule has 2 rings (SSSR count). The maximum absolute atomic E-state index is 12.8. The van der Waals surface area contributed by atoms with Crippen molar-refractivity contribution in [1.29, 1.82) is 0 Å². The zero-order valence-corrected chi connectivity index (χ0v) is 16.9. The monoisotopic (exact) mass is 362 g/mol. The van der Waals surface area contributed by atoms with Gasteiger partial charge in [0.2, 0.25) is 0 Å². The molecule has 0 aromatic rings. The number of allylic oxidation sites excluding steroid dienone is 2. The smallest absolute Gasteiger partial charge is 0.308 e. The van der Waals surface area contributed by atoms with E-state index in [1.165, 1.54) is 7.11 Å². The van der Waals surface area contributed by atoms with E-state index in [-0.39, 0.29) is 34.9 Å². The van der Waals surface area contributed by atoms with E-state index in [1.54, 1.807) is 6.08 Å². The van der Waals surface area contributed by atoms with Gasteiger partial charge in [-0.3, -0.25) is 9.59 Å². The van der Waals surface area contributed by atoms with E-state index in [1.807, 2.05) is 20.8 Å². The Kier molecular flexibility index (Phi) is 6.49. The van der Waals surface area contributed by atoms with Crippen LogP contribution in [0.25, 0.3) is 0 Å². The number of methoxy groups -OCH3 is 1. The molecule has 2 fully saturated rings. The minimum atomic E-state index is -0.674. The number of esters is 1. The molecule has 0 saturated heterocycles. The number of ether oxygens (including phenoxy) is 1. The van der Waals surface area contributed by atoms with Gasteiger partial charge in [-0.15, -0.1) is 0 Å². The lowest BCUT2D eigenvalue weighted by Crippen LogP contribution is -2.49. The summed E-state index contributed by atoms with van der Waals surface area (Å²) in [5, 5.41) is 10.7. The number of aliphatic hydroxyl groups is 1. The first-order chi connectivity index (χ1) is 12.1. The summed E-state index contributed by atoms with van der Waals surface area (Å²) in [5.74, 6) is -0.499. The number of rotatable bonds is 5. The Balaban J connectivity index is 2.24. The van der Waals surface area contributed by atoms with E-state index < -0.39 is 12.0 Å². The van der Waals surface area contributed by atoms with Crippen LogP contribution in [0.1, 0.15) is 59.8 Å². The van der Waals surface area contributed by atoms with Crippen molar-refractivity contribution in [3.63, 3.8) is 0 Å². The number of aliphatic hydroxyl groups excluding tert-OH is 1. The third-order valence-corrected chi connectivity index (χ3v) is 6.91. The summed E-state index contributed by atoms with van der Waals surface area (Å²) in [6, 6.07) is 0. The number of hydrogen-bond acceptors (Lipinski definition) is 4. The second kappa shape index (κ2) is 8.08. The largest absolute Gasteiger partial charge is 0.469 e. The molecule has 0 aromatic heterocycles. The van der Waals surface area contributed by atoms with Gasteiger partial charge >= 0.3 is 5.97 Å². The predicted molar refractivity (Wildman–Crippen MR) is 102 cm³/mol. The van der Waals surface area contributed by atoms with Crippen molar-refractivity contribution >= 4 is 11.8 Å². The molecular formula is C22H34O4. The number of ketones is 1. The first-order valence-electron chi connectivity index (χ1n) is 9.80. The summed E-state index contributed by atoms with van der Waals surface area (Å²) in [6.07, 6.45) is 5.14. The van der Waals surface area contributed by atoms with Gasteiger partial charge < -0.3 is 9.84 Å². The molecule has 4 nitrogen and oxygen atoms in total. The molecule has 0 bridgehead atoms. The lowest BCUT2D eigenvalue weighted by molar-refractivity contribution is -0.148. The van der Waals surface area contributed by atoms with Gasteiger partial charge in [0.1, 0.15) is 0 Å². The van der Waals surface area contributed by atoms with Crippen molar-refractivity contribution in [2.24, 2.45) is 29.1 Å². The molecular weight excluding hydrogens is 328 g/mol. The number of fused-ring (bicyclic) bond motifs is 1. The van der Waals surface area contributed by atoms with Crippen molar-refractivity contribution in [3.8, 4) is 0 Å². The molecule has 0 radical (unpaired) electrons. The van der Waals surface area contributed by atoms with Gasteiger partial charge in [-0.1, -0.05) is 38.5 Å². The maximum atomic E-state index is 12.8. The van der Waals surface area contributed by atoms with E-state index in [0.29, 0.717) is 6.42 Å². The Labute approximate surface area is 157 Å². The fourth-order valence-electron chi connectivity index (χ4n) is 4.94. The van der Waals surface area contributed by atoms with Crippen molar-refractivity contribution in [2.45, 2.75) is 65.9 Å². The average molecular weight is 363 g/mol. The molecule has 2 saturated carbocycles. The Morgan fingerprint density at radius 1 is 1.46 bits per heavy atom. The lowest BCUT2D eigenvalue weighted by Gasteiger charge is -2.52. The van der Waals surface area contributed by atoms with Crippen LogP contribution in [-0.2, 0) is 14.3 Å². The third kappa shape index (κ3) is 3.95. The van der Waals surface area contributed by atoms with Crippen LogP contribution in [0.3, 0.4) is 0 Å². The van der Waals surface area contributed by atoms with Crippen LogP contribution < -0.4 is 0 Å². The van der Waals surface area contributed by atoms with Crippen LogP contribution in [0.2, 0.25) is 0 Å². The molecule has 1 N–H and O–H groups in total. The van der Waals surface area contributed by atoms with Crippen molar-refractivity contribution in [1.82, 2.24) is 0 Å². The number of carbonyl (C=O) groups is 2. The van der Waals surface area contributed by atoms with Gasteiger partial charge in [0.05, 0.1) is 25.0 Å². The first-order valence-corrected chi connectivity index (χ1v) is 9.80. The lowest BCUT2D eigenvalue weighted by atomic mass is 9.52. The van der Waals surface area contributed by atoms with Crippen molar-refractivity contribution in [2.75, 3.05) is 7.11 Å². The van der Waals surface area contributed by atoms with Crippen LogP contribution in [-0.4, -0.2) is 30.1 Å². The summed E-state index contributed by atoms with van der Waals surface area (Å²) in [6.45, 7) is 12.3. The van der Waals surface area contributed by atoms with Crippen LogP contribution in [0.4, 0.5) is 0 Å². The number of hydrogen-bond donors (Lipinski definition) is 1. The fraction of sp³-hybridized carbons (Fsp3) is 0.727. The molecule has 0 aliphatic heterocycles. The molecule has 2 aliphatic carbocycles. The number of carbonyl (C=O) groups excluding carboxylic acids is 2. The van der Waals surface area contributed by atoms with E-state index >= 15 is 0 Å². The zero-order valence-electron chi connectivity index (χ0n) is 16.9. The van der Waals surface area contributed by atoms with Crippen LogP contribution >= 0.6 is 0 Å². The van der Waals surface area contributed by atoms with Gasteiger partial charge in [0, 0.05) is 0 Å². The molecule has 26 heavy (non-hydrogen) atoms. The minimum Gasteiger partial charge on any atom is -0.469 e. The van der Waals surface area contributed by atoms with Crippen molar-refractivity contribution in [3.05, 3.63) is 23.8 Å². The predicted octanol–water partition coefficient (Wildman–Crippen LogP) is 4.08. The highest BCUT2D eigenvalue weighted by molar-refractivity contribution is 5.95. The molecule has 0 spiro atoms. The van der Waals surface area contributed by atoms with E-state index in [4.69, 9.17) is 4.74 Å². The first kappa shape index (κ1) is 20.9. The second-order valence-electron chi connectivity index (χ2n) is 8.62. The van der Waals surface area contributed by atoms with Crippen molar-refractivity contribution < 1.29 is 19.4 Å². The molecule has 0 unspecified atom stereocenters. The average Bonchev–Trinajstić information content (AvgIpc) is 2.59. The molecule has 4 heteroatoms. The van der Waals surface area contributed by atoms with Gasteiger partial charge in [-0.05, 0) is 62.4 Å². The highest BCUT2D eigenvalue weighted by atomic mass is 16.5. The van der Waals surface area contributed by atoms with Crippen LogP contribution in [0, 0.1) is 29.1 Å². The standard InChI is InChI=1S/C22H34O4/c1-7-13(2)10-18(23)20-15(4)17-11-16(14(3)21(25)26-6)8-9-22(17,5)12-19(20)24/h10,14,16-17,19-20,24H,4,7-9,11-12H2,1-3,5-6H3/b13-10-/t14-,16-,17-,19-,20-,22+/m1/s1. The van der Waals surface area contributed by atoms with E-state index in [2.05, 4.69) is 13.5 Å². The Morgan fingerprint density at radius 3 is 2.69 bits per heavy atom. The van der Waals surface area contributed by atoms with Gasteiger partial charge in [-0.2, -0.15) is 0 Å². The Morgan fingerprint density at radius 2 is 2.12 bits per heavy atom. The summed E-state index contributed by atoms with van der Waals surface area (Å²) < 4.78 is 4.92. The van der Waals surface area contributed by atoms with E-state index in [9.17, 15) is 14.7 Å². The van der Waals surface area contributed by atoms with Gasteiger partial charge in [-0.25, -0.2) is 0 Å². The van der Waals surface area contributed by atoms with Gasteiger partial charge in [0.25, 0.3) is 0 Å². The maximum Gasteiger partial charge on any atom is 0.308 e. The summed E-state index contributed by atoms with van der Waals surface area (Å²) in [5.41, 5.74) is 1.81. The molecule has 0 aromatic carbocycles. The fourth-order valence-corrected chi connectivity index (χ4v) is 4.94. The van der Waals surface area contributed by atoms with Crippen LogP contribution in [0.15, 0.2) is 23.8 Å². The second-order valence-corrected chi connectivity index (χ2v) is 8.62. The minimum absolute atomic E-state index is 0.0351. The quantitative estimate of drug-likeness (QED) is 0.455. The molecule has 146 valence electrons. The molecule has 2 aliphatic rings. The molecule has 0 amide bonds. The molecule has 0 heterocycles. The summed E-state index contributed by atoms with van der Waals surface area (Å²) in [7, 11) is 1.43. The highest BCUT2D eigenvalue weighted by Gasteiger charge is 2.51. The Hall–Kier alpha value is -1.42. The third-order valence-electron chi connectivity index (χ3n) is 6.91. The summed E-state index contributed by atoms with van der Waals surface area (Å²) in [4.78, 5) is 24.7. The zero-order chi connectivity index (χ0) is 19.6. The SMILES string of the molecule is C=C1[C@H](C(=O)/C=C(/C)CC)[C@H](O)C[C@]2(C)CC[C@@H]([C@@H](C)C(=O)OC)C[C@H]12. The van der Waals surface area contributed by atoms with E-state index in [0.717, 1.165) is 36.8 Å². The highest BCUT2D eigenvalue weighted by Crippen LogP contribution is 2.56. The molecule has 6 atom stereocenters. The van der Waals surface area contributed by atoms with Gasteiger partial charge in [0.15, 0.2) is 5.78 Å². The topological polar surface area (TPSA) is 63.6 Å².